The van der Waals surface area contributed by atoms with Crippen LogP contribution in [0.2, 0.25) is 0 Å². The van der Waals surface area contributed by atoms with Gasteiger partial charge < -0.3 is 0 Å². The molecule has 0 unspecified atom stereocenters. The van der Waals surface area contributed by atoms with Crippen LogP contribution in [0.3, 0.4) is 0 Å². The molecule has 0 saturated carbocycles. The maximum atomic E-state index is 11.1. The largest absolute Gasteiger partial charge is 0.289 e. The van der Waals surface area contributed by atoms with Gasteiger partial charge in [-0.25, -0.2) is 5.92 Å². The molecule has 0 aliphatic carbocycles. The van der Waals surface area contributed by atoms with Gasteiger partial charge in [0.1, 0.15) is 6.08 Å². The van der Waals surface area contributed by atoms with Gasteiger partial charge in [0.2, 0.25) is 0 Å². The van der Waals surface area contributed by atoms with Crippen LogP contribution in [0.15, 0.2) is 12.2 Å². The molecule has 0 aromatic rings. The second-order valence-corrected chi connectivity index (χ2v) is 1.51. The van der Waals surface area contributed by atoms with Gasteiger partial charge in [0.15, 0.2) is 0 Å². The molecule has 0 aliphatic heterocycles. The van der Waals surface area contributed by atoms with Crippen LogP contribution in [0.25, 0.3) is 0 Å². The molecule has 0 heterocycles. The van der Waals surface area contributed by atoms with Crippen LogP contribution >= 0.6 is 0 Å². The molecule has 0 atom stereocenters. The minimum Gasteiger partial charge on any atom is -0.289 e. The third kappa shape index (κ3) is 9.76. The molecular weight excluding hydrogens is 187 g/mol. The van der Waals surface area contributed by atoms with E-state index < -0.39 is 6.08 Å². The van der Waals surface area contributed by atoms with E-state index in [2.05, 4.69) is 0 Å². The van der Waals surface area contributed by atoms with Crippen molar-refractivity contribution in [3.05, 3.63) is 18.1 Å². The normalized spacial score (nSPS) is 7.00. The number of rotatable bonds is 1. The Morgan fingerprint density at radius 3 is 1.75 bits per heavy atom. The predicted octanol–water partition coefficient (Wildman–Crippen LogP) is 2.38. The van der Waals surface area contributed by atoms with Gasteiger partial charge >= 0.3 is 0 Å². The van der Waals surface area contributed by atoms with E-state index in [0.29, 0.717) is 5.92 Å². The van der Waals surface area contributed by atoms with E-state index >= 15 is 0 Å². The summed E-state index contributed by atoms with van der Waals surface area (Å²) in [6.45, 7) is 3.25. The Bertz CT molecular complexity index is 74.5. The molecule has 1 radical (unpaired) electrons. The first-order chi connectivity index (χ1) is 3.13. The smallest absolute Gasteiger partial charge is 0.107 e. The summed E-state index contributed by atoms with van der Waals surface area (Å²) in [5.41, 5.74) is 0. The minimum atomic E-state index is -1.62. The molecule has 0 nitrogen and oxygen atoms in total. The van der Waals surface area contributed by atoms with Gasteiger partial charge in [-0.05, 0) is 0 Å². The van der Waals surface area contributed by atoms with Gasteiger partial charge in [0.25, 0.3) is 0 Å². The summed E-state index contributed by atoms with van der Waals surface area (Å²) in [5.74, 6) is 0.625. The Hall–Kier alpha value is 0.574. The zero-order valence-corrected chi connectivity index (χ0v) is 7.75. The average Bonchev–Trinajstić information content (AvgIpc) is 1.27. The molecule has 0 amide bonds. The third-order valence-corrected chi connectivity index (χ3v) is 0.398. The van der Waals surface area contributed by atoms with E-state index in [1.165, 1.54) is 0 Å². The Kier molecular flexibility index (Phi) is 8.12. The quantitative estimate of drug-likeness (QED) is 0.562. The summed E-state index contributed by atoms with van der Waals surface area (Å²) in [6, 6.07) is 0. The van der Waals surface area contributed by atoms with Crippen molar-refractivity contribution in [3.8, 4) is 0 Å². The molecule has 0 rings (SSSR count). The fourth-order valence-corrected chi connectivity index (χ4v) is 0.218. The summed E-state index contributed by atoms with van der Waals surface area (Å²) in [4.78, 5) is 0. The Balaban J connectivity index is 0. The first-order valence-electron chi connectivity index (χ1n) is 1.96. The fraction of sp³-hybridized carbons (Fsp3) is 0.400. The van der Waals surface area contributed by atoms with Gasteiger partial charge in [-0.15, -0.1) is 13.8 Å². The maximum Gasteiger partial charge on any atom is 0.107 e. The summed E-state index contributed by atoms with van der Waals surface area (Å²) in [6.07, 6.45) is -0.792. The van der Waals surface area contributed by atoms with E-state index in [-0.39, 0.29) is 32.7 Å². The van der Waals surface area contributed by atoms with Crippen molar-refractivity contribution in [3.63, 3.8) is 0 Å². The molecule has 0 aromatic carbocycles. The SMILES string of the molecule is C[C-](C)C=C(F)F.[Y]. The van der Waals surface area contributed by atoms with Crippen molar-refractivity contribution < 1.29 is 41.5 Å². The number of hydrogen-bond acceptors (Lipinski definition) is 0. The van der Waals surface area contributed by atoms with Gasteiger partial charge in [-0.2, -0.15) is 6.08 Å². The van der Waals surface area contributed by atoms with E-state index in [9.17, 15) is 8.78 Å². The average molecular weight is 194 g/mol. The van der Waals surface area contributed by atoms with Crippen molar-refractivity contribution in [2.24, 2.45) is 0 Å². The monoisotopic (exact) mass is 194 g/mol. The van der Waals surface area contributed by atoms with Crippen molar-refractivity contribution >= 4 is 0 Å². The Morgan fingerprint density at radius 1 is 1.38 bits per heavy atom. The van der Waals surface area contributed by atoms with E-state index in [1.54, 1.807) is 13.8 Å². The summed E-state index contributed by atoms with van der Waals surface area (Å²) in [7, 11) is 0. The molecule has 0 spiro atoms. The Morgan fingerprint density at radius 2 is 1.75 bits per heavy atom. The van der Waals surface area contributed by atoms with E-state index in [0.717, 1.165) is 6.08 Å². The van der Waals surface area contributed by atoms with E-state index in [4.69, 9.17) is 0 Å². The molecule has 3 heteroatoms. The first kappa shape index (κ1) is 11.4. The predicted molar refractivity (Wildman–Crippen MR) is 24.9 cm³/mol. The van der Waals surface area contributed by atoms with Gasteiger partial charge in [-0.3, -0.25) is 8.78 Å². The van der Waals surface area contributed by atoms with Crippen molar-refractivity contribution in [2.75, 3.05) is 0 Å². The molecule has 0 saturated heterocycles. The number of allylic oxidation sites excluding steroid dienone is 1. The molecule has 0 N–H and O–H groups in total. The first-order valence-corrected chi connectivity index (χ1v) is 1.96. The van der Waals surface area contributed by atoms with Crippen LogP contribution in [0.5, 0.6) is 0 Å². The number of halogens is 2. The van der Waals surface area contributed by atoms with Crippen molar-refractivity contribution in [1.82, 2.24) is 0 Å². The Labute approximate surface area is 73.2 Å². The van der Waals surface area contributed by atoms with Crippen molar-refractivity contribution in [1.29, 1.82) is 0 Å². The van der Waals surface area contributed by atoms with Gasteiger partial charge in [0.05, 0.1) is 0 Å². The summed E-state index contributed by atoms with van der Waals surface area (Å²) >= 11 is 0. The summed E-state index contributed by atoms with van der Waals surface area (Å²) in [5, 5.41) is 0. The molecular formula is C5H7F2Y-. The van der Waals surface area contributed by atoms with Crippen LogP contribution in [-0.2, 0) is 32.7 Å². The molecule has 0 aromatic heterocycles. The van der Waals surface area contributed by atoms with Crippen molar-refractivity contribution in [2.45, 2.75) is 13.8 Å². The van der Waals surface area contributed by atoms with Crippen LogP contribution in [0.4, 0.5) is 8.78 Å². The summed E-state index contributed by atoms with van der Waals surface area (Å²) < 4.78 is 22.3. The zero-order chi connectivity index (χ0) is 5.86. The van der Waals surface area contributed by atoms with E-state index in [1.807, 2.05) is 0 Å². The second-order valence-electron chi connectivity index (χ2n) is 1.51. The molecule has 45 valence electrons. The topological polar surface area (TPSA) is 0 Å². The molecule has 0 aliphatic rings. The third-order valence-electron chi connectivity index (χ3n) is 0.398. The van der Waals surface area contributed by atoms with Crippen LogP contribution < -0.4 is 0 Å². The van der Waals surface area contributed by atoms with Crippen LogP contribution in [0, 0.1) is 5.92 Å². The fourth-order valence-electron chi connectivity index (χ4n) is 0.218. The molecule has 8 heavy (non-hydrogen) atoms. The molecule has 0 bridgehead atoms. The number of hydrogen-bond donors (Lipinski definition) is 0. The van der Waals surface area contributed by atoms with Gasteiger partial charge in [0, 0.05) is 32.7 Å². The minimum absolute atomic E-state index is 0. The van der Waals surface area contributed by atoms with Crippen LogP contribution in [0.1, 0.15) is 13.8 Å². The second kappa shape index (κ2) is 5.71. The zero-order valence-electron chi connectivity index (χ0n) is 4.91. The standard InChI is InChI=1S/C5H7F2.Y/c1-4(2)3-5(6)7;/h3H,1-2H3;/q-1;. The van der Waals surface area contributed by atoms with Crippen LogP contribution in [-0.4, -0.2) is 0 Å². The molecule has 0 fully saturated rings. The van der Waals surface area contributed by atoms with Gasteiger partial charge in [-0.1, -0.05) is 0 Å². The maximum absolute atomic E-state index is 11.1.